The molecule has 0 saturated heterocycles. The summed E-state index contributed by atoms with van der Waals surface area (Å²) in [7, 11) is 0. The van der Waals surface area contributed by atoms with E-state index < -0.39 is 0 Å². The van der Waals surface area contributed by atoms with Crippen molar-refractivity contribution in [2.75, 3.05) is 0 Å². The second kappa shape index (κ2) is 1.99. The Hall–Kier alpha value is -1.51. The average molecular weight is 149 g/mol. The molecule has 2 rings (SSSR count). The summed E-state index contributed by atoms with van der Waals surface area (Å²) in [4.78, 5) is 11.1. The van der Waals surface area contributed by atoms with Gasteiger partial charge in [0.1, 0.15) is 11.3 Å². The molecular formula is C8H7NO2. The van der Waals surface area contributed by atoms with Crippen molar-refractivity contribution in [3.8, 4) is 0 Å². The van der Waals surface area contributed by atoms with Crippen molar-refractivity contribution in [1.29, 1.82) is 0 Å². The number of hydrogen-bond acceptors (Lipinski definition) is 2. The molecule has 0 aliphatic carbocycles. The molecule has 2 aromatic heterocycles. The molecule has 2 heterocycles. The van der Waals surface area contributed by atoms with Gasteiger partial charge in [-0.3, -0.25) is 0 Å². The number of aromatic nitrogens is 1. The topological polar surface area (TPSA) is 34.6 Å². The molecule has 0 N–H and O–H groups in total. The van der Waals surface area contributed by atoms with Gasteiger partial charge >= 0.3 is 5.63 Å². The molecule has 0 aromatic carbocycles. The van der Waals surface area contributed by atoms with Crippen LogP contribution in [0.15, 0.2) is 33.7 Å². The molecular weight excluding hydrogens is 142 g/mol. The van der Waals surface area contributed by atoms with Crippen molar-refractivity contribution in [1.82, 2.24) is 4.40 Å². The van der Waals surface area contributed by atoms with Crippen LogP contribution < -0.4 is 5.63 Å². The van der Waals surface area contributed by atoms with Gasteiger partial charge < -0.3 is 8.82 Å². The monoisotopic (exact) mass is 149 g/mol. The minimum atomic E-state index is -0.282. The van der Waals surface area contributed by atoms with Crippen LogP contribution in [0.25, 0.3) is 5.52 Å². The number of fused-ring (bicyclic) bond motifs is 1. The van der Waals surface area contributed by atoms with E-state index in [4.69, 9.17) is 4.42 Å². The molecule has 2 aromatic rings. The van der Waals surface area contributed by atoms with E-state index in [-0.39, 0.29) is 5.63 Å². The fraction of sp³-hybridized carbons (Fsp3) is 0.125. The fourth-order valence-corrected chi connectivity index (χ4v) is 1.10. The smallest absolute Gasteiger partial charge is 0.360 e. The van der Waals surface area contributed by atoms with Crippen molar-refractivity contribution in [3.05, 3.63) is 40.7 Å². The second-order valence-electron chi connectivity index (χ2n) is 2.43. The Balaban J connectivity index is 3.02. The maximum Gasteiger partial charge on any atom is 0.360 e. The third kappa shape index (κ3) is 0.852. The second-order valence-corrected chi connectivity index (χ2v) is 2.43. The Kier molecular flexibility index (Phi) is 1.12. The van der Waals surface area contributed by atoms with Crippen LogP contribution in [-0.2, 0) is 0 Å². The SMILES string of the molecule is Cc1cn2cccc2c(=O)o1. The van der Waals surface area contributed by atoms with Crippen molar-refractivity contribution >= 4 is 5.52 Å². The third-order valence-electron chi connectivity index (χ3n) is 1.56. The van der Waals surface area contributed by atoms with Gasteiger partial charge in [-0.25, -0.2) is 4.79 Å². The van der Waals surface area contributed by atoms with E-state index in [1.165, 1.54) is 0 Å². The molecule has 0 amide bonds. The predicted octanol–water partition coefficient (Wildman–Crippen LogP) is 1.20. The molecule has 0 atom stereocenters. The zero-order valence-corrected chi connectivity index (χ0v) is 6.07. The van der Waals surface area contributed by atoms with Crippen molar-refractivity contribution < 1.29 is 4.42 Å². The van der Waals surface area contributed by atoms with Crippen molar-refractivity contribution in [3.63, 3.8) is 0 Å². The summed E-state index contributed by atoms with van der Waals surface area (Å²) in [5, 5.41) is 0. The standard InChI is InChI=1S/C8H7NO2/c1-6-5-9-4-2-3-7(9)8(10)11-6/h2-5H,1H3. The van der Waals surface area contributed by atoms with Gasteiger partial charge in [0.2, 0.25) is 0 Å². The third-order valence-corrected chi connectivity index (χ3v) is 1.56. The maximum atomic E-state index is 11.1. The number of rotatable bonds is 0. The number of nitrogens with zero attached hydrogens (tertiary/aromatic N) is 1. The molecule has 0 bridgehead atoms. The van der Waals surface area contributed by atoms with Gasteiger partial charge in [0, 0.05) is 12.4 Å². The quantitative estimate of drug-likeness (QED) is 0.564. The van der Waals surface area contributed by atoms with Crippen LogP contribution in [0, 0.1) is 6.92 Å². The molecule has 0 saturated carbocycles. The Labute approximate surface area is 62.9 Å². The zero-order chi connectivity index (χ0) is 7.84. The van der Waals surface area contributed by atoms with Crippen molar-refractivity contribution in [2.45, 2.75) is 6.92 Å². The van der Waals surface area contributed by atoms with E-state index in [1.807, 2.05) is 12.3 Å². The Morgan fingerprint density at radius 3 is 3.18 bits per heavy atom. The van der Waals surface area contributed by atoms with Gasteiger partial charge in [0.05, 0.1) is 0 Å². The van der Waals surface area contributed by atoms with Crippen LogP contribution in [0.4, 0.5) is 0 Å². The lowest BCUT2D eigenvalue weighted by Crippen LogP contribution is -2.03. The summed E-state index contributed by atoms with van der Waals surface area (Å²) in [6, 6.07) is 3.54. The molecule has 56 valence electrons. The highest BCUT2D eigenvalue weighted by atomic mass is 16.4. The lowest BCUT2D eigenvalue weighted by Gasteiger charge is -1.93. The van der Waals surface area contributed by atoms with Gasteiger partial charge in [0.15, 0.2) is 0 Å². The van der Waals surface area contributed by atoms with E-state index in [0.29, 0.717) is 11.3 Å². The van der Waals surface area contributed by atoms with E-state index in [9.17, 15) is 4.79 Å². The van der Waals surface area contributed by atoms with E-state index in [2.05, 4.69) is 0 Å². The minimum absolute atomic E-state index is 0.282. The molecule has 0 aliphatic heterocycles. The lowest BCUT2D eigenvalue weighted by atomic mass is 10.5. The highest BCUT2D eigenvalue weighted by Crippen LogP contribution is 2.00. The molecule has 0 spiro atoms. The summed E-state index contributed by atoms with van der Waals surface area (Å²) in [6.07, 6.45) is 3.59. The summed E-state index contributed by atoms with van der Waals surface area (Å²) in [5.41, 5.74) is 0.297. The van der Waals surface area contributed by atoms with Crippen LogP contribution in [0.1, 0.15) is 5.76 Å². The van der Waals surface area contributed by atoms with Crippen LogP contribution in [0.5, 0.6) is 0 Å². The van der Waals surface area contributed by atoms with Gasteiger partial charge in [-0.05, 0) is 19.1 Å². The first-order valence-electron chi connectivity index (χ1n) is 3.35. The van der Waals surface area contributed by atoms with Crippen LogP contribution in [-0.4, -0.2) is 4.40 Å². The lowest BCUT2D eigenvalue weighted by molar-refractivity contribution is 0.478. The van der Waals surface area contributed by atoms with E-state index in [1.54, 1.807) is 23.6 Å². The van der Waals surface area contributed by atoms with Crippen LogP contribution in [0.2, 0.25) is 0 Å². The van der Waals surface area contributed by atoms with Gasteiger partial charge in [-0.1, -0.05) is 0 Å². The Morgan fingerprint density at radius 1 is 1.55 bits per heavy atom. The molecule has 3 heteroatoms. The van der Waals surface area contributed by atoms with Gasteiger partial charge in [0.25, 0.3) is 0 Å². The summed E-state index contributed by atoms with van der Waals surface area (Å²) < 4.78 is 6.62. The predicted molar refractivity (Wildman–Crippen MR) is 40.7 cm³/mol. The molecule has 0 fully saturated rings. The van der Waals surface area contributed by atoms with Crippen LogP contribution >= 0.6 is 0 Å². The first-order valence-corrected chi connectivity index (χ1v) is 3.35. The van der Waals surface area contributed by atoms with Crippen molar-refractivity contribution in [2.24, 2.45) is 0 Å². The highest BCUT2D eigenvalue weighted by molar-refractivity contribution is 5.43. The Morgan fingerprint density at radius 2 is 2.36 bits per heavy atom. The van der Waals surface area contributed by atoms with Gasteiger partial charge in [-0.15, -0.1) is 0 Å². The summed E-state index contributed by atoms with van der Waals surface area (Å²) >= 11 is 0. The van der Waals surface area contributed by atoms with Gasteiger partial charge in [-0.2, -0.15) is 0 Å². The maximum absolute atomic E-state index is 11.1. The normalized spacial score (nSPS) is 10.6. The molecule has 0 radical (unpaired) electrons. The molecule has 3 nitrogen and oxygen atoms in total. The highest BCUT2D eigenvalue weighted by Gasteiger charge is 1.98. The minimum Gasteiger partial charge on any atom is -0.425 e. The van der Waals surface area contributed by atoms with Crippen LogP contribution in [0.3, 0.4) is 0 Å². The summed E-state index contributed by atoms with van der Waals surface area (Å²) in [6.45, 7) is 1.75. The molecule has 0 aliphatic rings. The fourth-order valence-electron chi connectivity index (χ4n) is 1.10. The van der Waals surface area contributed by atoms with E-state index >= 15 is 0 Å². The molecule has 11 heavy (non-hydrogen) atoms. The first kappa shape index (κ1) is 6.22. The largest absolute Gasteiger partial charge is 0.425 e. The summed E-state index contributed by atoms with van der Waals surface area (Å²) in [5.74, 6) is 0.624. The van der Waals surface area contributed by atoms with E-state index in [0.717, 1.165) is 0 Å². The zero-order valence-electron chi connectivity index (χ0n) is 6.07. The Bertz CT molecular complexity index is 439. The average Bonchev–Trinajstić information content (AvgIpc) is 2.34. The first-order chi connectivity index (χ1) is 5.27. The number of hydrogen-bond donors (Lipinski definition) is 0. The number of aryl methyl sites for hydroxylation is 1. The molecule has 0 unspecified atom stereocenters.